The number of aryl methyl sites for hydroxylation is 1. The molecule has 3 rings (SSSR count). The molecule has 6 nitrogen and oxygen atoms in total. The number of rotatable bonds is 7. The quantitative estimate of drug-likeness (QED) is 0.328. The average molecular weight is 414 g/mol. The van der Waals surface area contributed by atoms with Crippen molar-refractivity contribution in [1.82, 2.24) is 0 Å². The van der Waals surface area contributed by atoms with Gasteiger partial charge in [-0.3, -0.25) is 4.79 Å². The molecule has 7 heteroatoms. The number of methoxy groups -OCH3 is 1. The van der Waals surface area contributed by atoms with E-state index in [-0.39, 0.29) is 4.90 Å². The van der Waals surface area contributed by atoms with Crippen molar-refractivity contribution in [1.29, 1.82) is 0 Å². The van der Waals surface area contributed by atoms with Gasteiger partial charge in [-0.1, -0.05) is 42.0 Å². The number of hydrogen-bond donors (Lipinski definition) is 0. The van der Waals surface area contributed by atoms with E-state index in [0.29, 0.717) is 0 Å². The highest BCUT2D eigenvalue weighted by Crippen LogP contribution is 2.26. The van der Waals surface area contributed by atoms with Crippen molar-refractivity contribution in [2.75, 3.05) is 13.9 Å². The molecule has 1 unspecified atom stereocenters. The lowest BCUT2D eigenvalue weighted by Crippen LogP contribution is -2.17. The first-order valence-corrected chi connectivity index (χ1v) is 10.4. The highest BCUT2D eigenvalue weighted by Gasteiger charge is 2.20. The van der Waals surface area contributed by atoms with Crippen LogP contribution >= 0.6 is 0 Å². The molecule has 152 valence electrons. The molecular formula is C22H22O6S. The summed E-state index contributed by atoms with van der Waals surface area (Å²) >= 11 is 0. The molecule has 29 heavy (non-hydrogen) atoms. The van der Waals surface area contributed by atoms with E-state index in [9.17, 15) is 13.2 Å². The summed E-state index contributed by atoms with van der Waals surface area (Å²) in [5, 5.41) is 1.95. The third-order valence-corrected chi connectivity index (χ3v) is 5.90. The van der Waals surface area contributed by atoms with Crippen molar-refractivity contribution < 1.29 is 26.9 Å². The van der Waals surface area contributed by atoms with E-state index in [1.165, 1.54) is 12.1 Å². The van der Waals surface area contributed by atoms with E-state index in [2.05, 4.69) is 0 Å². The number of esters is 1. The highest BCUT2D eigenvalue weighted by atomic mass is 32.2. The van der Waals surface area contributed by atoms with Crippen LogP contribution < -0.4 is 4.74 Å². The summed E-state index contributed by atoms with van der Waals surface area (Å²) < 4.78 is 39.3. The summed E-state index contributed by atoms with van der Waals surface area (Å²) in [6.45, 7) is 2.87. The lowest BCUT2D eigenvalue weighted by atomic mass is 9.98. The summed E-state index contributed by atoms with van der Waals surface area (Å²) in [6, 6.07) is 17.5. The van der Waals surface area contributed by atoms with E-state index in [4.69, 9.17) is 13.7 Å². The van der Waals surface area contributed by atoms with Crippen LogP contribution in [0.25, 0.3) is 10.8 Å². The van der Waals surface area contributed by atoms with Gasteiger partial charge in [-0.05, 0) is 54.4 Å². The van der Waals surface area contributed by atoms with Gasteiger partial charge in [-0.2, -0.15) is 8.42 Å². The fourth-order valence-corrected chi connectivity index (χ4v) is 3.60. The van der Waals surface area contributed by atoms with Gasteiger partial charge in [0.2, 0.25) is 6.79 Å². The Morgan fingerprint density at radius 2 is 1.62 bits per heavy atom. The molecule has 0 aromatic heterocycles. The number of benzene rings is 3. The topological polar surface area (TPSA) is 78.9 Å². The Bertz CT molecular complexity index is 1120. The molecule has 0 fully saturated rings. The van der Waals surface area contributed by atoms with Crippen molar-refractivity contribution in [2.45, 2.75) is 24.7 Å². The molecule has 0 aliphatic heterocycles. The zero-order valence-corrected chi connectivity index (χ0v) is 17.2. The minimum atomic E-state index is -3.99. The monoisotopic (exact) mass is 414 g/mol. The van der Waals surface area contributed by atoms with Crippen molar-refractivity contribution in [3.63, 3.8) is 0 Å². The Balaban J connectivity index is 1.63. The van der Waals surface area contributed by atoms with Gasteiger partial charge in [0.05, 0.1) is 17.9 Å². The normalized spacial score (nSPS) is 12.5. The predicted octanol–water partition coefficient (Wildman–Crippen LogP) is 4.17. The molecule has 0 bridgehead atoms. The fourth-order valence-electron chi connectivity index (χ4n) is 2.82. The Labute approximate surface area is 170 Å². The van der Waals surface area contributed by atoms with E-state index >= 15 is 0 Å². The maximum atomic E-state index is 12.3. The standard InChI is InChI=1S/C22H22O6S/c1-15-4-10-21(11-5-15)29(24,25)28-14-27-22(23)16(2)17-6-7-19-13-20(26-3)9-8-18(19)12-17/h4-13,16H,14H2,1-3H3. The Hall–Kier alpha value is -2.90. The van der Waals surface area contributed by atoms with Gasteiger partial charge in [-0.15, -0.1) is 0 Å². The first kappa shape index (κ1) is 20.8. The van der Waals surface area contributed by atoms with Crippen LogP contribution in [0.2, 0.25) is 0 Å². The van der Waals surface area contributed by atoms with Gasteiger partial charge in [-0.25, -0.2) is 4.18 Å². The van der Waals surface area contributed by atoms with Crippen molar-refractivity contribution in [3.8, 4) is 5.75 Å². The minimum absolute atomic E-state index is 0.0113. The Kier molecular flexibility index (Phi) is 6.20. The molecule has 1 atom stereocenters. The molecule has 0 N–H and O–H groups in total. The van der Waals surface area contributed by atoms with Crippen molar-refractivity contribution in [3.05, 3.63) is 71.8 Å². The van der Waals surface area contributed by atoms with Gasteiger partial charge >= 0.3 is 5.97 Å². The first-order chi connectivity index (χ1) is 13.8. The van der Waals surface area contributed by atoms with Gasteiger partial charge < -0.3 is 9.47 Å². The molecule has 3 aromatic carbocycles. The maximum absolute atomic E-state index is 12.3. The van der Waals surface area contributed by atoms with Crippen LogP contribution in [-0.2, 0) is 23.8 Å². The van der Waals surface area contributed by atoms with Crippen LogP contribution in [0.3, 0.4) is 0 Å². The summed E-state index contributed by atoms with van der Waals surface area (Å²) in [4.78, 5) is 12.3. The fraction of sp³-hybridized carbons (Fsp3) is 0.227. The van der Waals surface area contributed by atoms with Crippen LogP contribution in [0, 0.1) is 6.92 Å². The molecule has 0 amide bonds. The molecule has 0 aliphatic carbocycles. The van der Waals surface area contributed by atoms with Crippen molar-refractivity contribution >= 4 is 26.9 Å². The van der Waals surface area contributed by atoms with Gasteiger partial charge in [0.1, 0.15) is 5.75 Å². The first-order valence-electron chi connectivity index (χ1n) is 9.00. The van der Waals surface area contributed by atoms with Crippen molar-refractivity contribution in [2.24, 2.45) is 0 Å². The van der Waals surface area contributed by atoms with E-state index < -0.39 is 28.8 Å². The van der Waals surface area contributed by atoms with Crippen LogP contribution in [0.1, 0.15) is 24.0 Å². The lowest BCUT2D eigenvalue weighted by molar-refractivity contribution is -0.151. The van der Waals surface area contributed by atoms with E-state index in [0.717, 1.165) is 27.6 Å². The second-order valence-corrected chi connectivity index (χ2v) is 8.28. The van der Waals surface area contributed by atoms with Crippen LogP contribution in [0.15, 0.2) is 65.6 Å². The smallest absolute Gasteiger partial charge is 0.315 e. The minimum Gasteiger partial charge on any atom is -0.497 e. The average Bonchev–Trinajstić information content (AvgIpc) is 2.72. The van der Waals surface area contributed by atoms with Gasteiger partial charge in [0.15, 0.2) is 0 Å². The number of ether oxygens (including phenoxy) is 2. The highest BCUT2D eigenvalue weighted by molar-refractivity contribution is 7.86. The summed E-state index contributed by atoms with van der Waals surface area (Å²) in [7, 11) is -2.38. The summed E-state index contributed by atoms with van der Waals surface area (Å²) in [6.07, 6.45) is 0. The van der Waals surface area contributed by atoms with E-state index in [1.54, 1.807) is 26.2 Å². The predicted molar refractivity (Wildman–Crippen MR) is 109 cm³/mol. The molecule has 0 heterocycles. The number of carbonyl (C=O) groups is 1. The zero-order chi connectivity index (χ0) is 21.0. The molecule has 0 saturated heterocycles. The third kappa shape index (κ3) is 4.93. The number of fused-ring (bicyclic) bond motifs is 1. The lowest BCUT2D eigenvalue weighted by Gasteiger charge is -2.13. The van der Waals surface area contributed by atoms with E-state index in [1.807, 2.05) is 43.3 Å². The molecule has 0 spiro atoms. The largest absolute Gasteiger partial charge is 0.497 e. The van der Waals surface area contributed by atoms with Crippen LogP contribution in [0.5, 0.6) is 5.75 Å². The maximum Gasteiger partial charge on any atom is 0.315 e. The second kappa shape index (κ2) is 8.63. The van der Waals surface area contributed by atoms with Crippen LogP contribution in [0.4, 0.5) is 0 Å². The molecule has 3 aromatic rings. The second-order valence-electron chi connectivity index (χ2n) is 6.66. The zero-order valence-electron chi connectivity index (χ0n) is 16.4. The number of carbonyl (C=O) groups excluding carboxylic acids is 1. The molecule has 0 radical (unpaired) electrons. The van der Waals surface area contributed by atoms with Gasteiger partial charge in [0, 0.05) is 0 Å². The number of hydrogen-bond acceptors (Lipinski definition) is 6. The Morgan fingerprint density at radius 1 is 0.966 bits per heavy atom. The SMILES string of the molecule is COc1ccc2cc(C(C)C(=O)OCOS(=O)(=O)c3ccc(C)cc3)ccc2c1. The van der Waals surface area contributed by atoms with Gasteiger partial charge in [0.25, 0.3) is 10.1 Å². The molecular weight excluding hydrogens is 392 g/mol. The summed E-state index contributed by atoms with van der Waals surface area (Å²) in [5.41, 5.74) is 1.69. The summed E-state index contributed by atoms with van der Waals surface area (Å²) in [5.74, 6) is -0.395. The Morgan fingerprint density at radius 3 is 2.31 bits per heavy atom. The third-order valence-electron chi connectivity index (χ3n) is 4.64. The van der Waals surface area contributed by atoms with Crippen LogP contribution in [-0.4, -0.2) is 28.3 Å². The molecule has 0 saturated carbocycles. The molecule has 0 aliphatic rings.